The Labute approximate surface area is 104 Å². The van der Waals surface area contributed by atoms with Crippen LogP contribution in [-0.4, -0.2) is 15.3 Å². The number of carbonyl (C=O) groups is 1. The Morgan fingerprint density at radius 1 is 1.28 bits per heavy atom. The van der Waals surface area contributed by atoms with Gasteiger partial charge >= 0.3 is 0 Å². The third-order valence-corrected chi connectivity index (χ3v) is 2.86. The van der Waals surface area contributed by atoms with Crippen LogP contribution in [0, 0.1) is 0 Å². The molecular weight excluding hydrogens is 228 g/mol. The van der Waals surface area contributed by atoms with Crippen LogP contribution in [0.5, 0.6) is 0 Å². The van der Waals surface area contributed by atoms with E-state index in [9.17, 15) is 4.79 Å². The van der Waals surface area contributed by atoms with Crippen molar-refractivity contribution >= 4 is 16.8 Å². The number of Topliss-reactive ketones (excluding diaryl/α,β-unsaturated/α-hetero) is 1. The van der Waals surface area contributed by atoms with E-state index in [2.05, 4.69) is 4.98 Å². The van der Waals surface area contributed by atoms with Crippen LogP contribution < -0.4 is 0 Å². The van der Waals surface area contributed by atoms with Crippen LogP contribution in [-0.2, 0) is 17.8 Å². The first-order valence-electron chi connectivity index (χ1n) is 5.75. The van der Waals surface area contributed by atoms with Crippen molar-refractivity contribution in [1.82, 2.24) is 9.55 Å². The van der Waals surface area contributed by atoms with Crippen LogP contribution in [0.3, 0.4) is 0 Å². The molecule has 0 fully saturated rings. The van der Waals surface area contributed by atoms with Crippen molar-refractivity contribution < 1.29 is 9.21 Å². The van der Waals surface area contributed by atoms with E-state index in [-0.39, 0.29) is 5.78 Å². The third kappa shape index (κ3) is 2.05. The predicted molar refractivity (Wildman–Crippen MR) is 67.2 cm³/mol. The van der Waals surface area contributed by atoms with Crippen molar-refractivity contribution in [1.29, 1.82) is 0 Å². The number of furan rings is 1. The molecule has 0 amide bonds. The van der Waals surface area contributed by atoms with Gasteiger partial charge in [0.1, 0.15) is 0 Å². The Bertz CT molecular complexity index is 668. The van der Waals surface area contributed by atoms with E-state index in [1.54, 1.807) is 18.9 Å². The van der Waals surface area contributed by atoms with Gasteiger partial charge in [0.25, 0.3) is 0 Å². The first-order chi connectivity index (χ1) is 8.83. The number of benzene rings is 1. The molecule has 2 heterocycles. The zero-order valence-corrected chi connectivity index (χ0v) is 9.74. The van der Waals surface area contributed by atoms with Crippen LogP contribution >= 0.6 is 0 Å². The summed E-state index contributed by atoms with van der Waals surface area (Å²) < 4.78 is 6.82. The number of para-hydroxylation sites is 2. The van der Waals surface area contributed by atoms with E-state index >= 15 is 0 Å². The maximum atomic E-state index is 11.9. The fraction of sp³-hybridized carbons (Fsp3) is 0.143. The lowest BCUT2D eigenvalue weighted by atomic mass is 10.2. The molecule has 0 radical (unpaired) electrons. The highest BCUT2D eigenvalue weighted by Gasteiger charge is 2.08. The second-order valence-corrected chi connectivity index (χ2v) is 4.21. The molecule has 0 aliphatic rings. The number of rotatable bonds is 4. The van der Waals surface area contributed by atoms with Crippen molar-refractivity contribution in [3.63, 3.8) is 0 Å². The summed E-state index contributed by atoms with van der Waals surface area (Å²) in [6.07, 6.45) is 5.28. The molecule has 4 nitrogen and oxygen atoms in total. The molecule has 0 unspecified atom stereocenters. The largest absolute Gasteiger partial charge is 0.472 e. The molecule has 0 spiro atoms. The second kappa shape index (κ2) is 4.49. The molecule has 0 bridgehead atoms. The van der Waals surface area contributed by atoms with Crippen LogP contribution in [0.4, 0.5) is 0 Å². The van der Waals surface area contributed by atoms with Gasteiger partial charge in [-0.1, -0.05) is 12.1 Å². The molecule has 2 aromatic heterocycles. The van der Waals surface area contributed by atoms with Gasteiger partial charge in [-0.3, -0.25) is 4.79 Å². The summed E-state index contributed by atoms with van der Waals surface area (Å²) in [7, 11) is 0. The highest BCUT2D eigenvalue weighted by molar-refractivity contribution is 5.83. The highest BCUT2D eigenvalue weighted by atomic mass is 16.3. The molecule has 0 N–H and O–H groups in total. The number of fused-ring (bicyclic) bond motifs is 1. The van der Waals surface area contributed by atoms with Crippen molar-refractivity contribution in [3.8, 4) is 0 Å². The molecule has 3 aromatic rings. The molecule has 1 aromatic carbocycles. The zero-order valence-electron chi connectivity index (χ0n) is 9.74. The second-order valence-electron chi connectivity index (χ2n) is 4.21. The maximum absolute atomic E-state index is 11.9. The van der Waals surface area contributed by atoms with Gasteiger partial charge in [-0.15, -0.1) is 0 Å². The molecule has 0 aliphatic heterocycles. The zero-order chi connectivity index (χ0) is 12.4. The number of aromatic nitrogens is 2. The summed E-state index contributed by atoms with van der Waals surface area (Å²) in [4.78, 5) is 16.2. The topological polar surface area (TPSA) is 48.0 Å². The van der Waals surface area contributed by atoms with E-state index in [0.29, 0.717) is 13.0 Å². The first kappa shape index (κ1) is 10.8. The number of nitrogens with zero attached hydrogens (tertiary/aromatic N) is 2. The van der Waals surface area contributed by atoms with Gasteiger partial charge in [-0.2, -0.15) is 0 Å². The molecule has 18 heavy (non-hydrogen) atoms. The van der Waals surface area contributed by atoms with Gasteiger partial charge < -0.3 is 8.98 Å². The van der Waals surface area contributed by atoms with E-state index < -0.39 is 0 Å². The quantitative estimate of drug-likeness (QED) is 0.703. The summed E-state index contributed by atoms with van der Waals surface area (Å²) in [6.45, 7) is 0.339. The fourth-order valence-corrected chi connectivity index (χ4v) is 2.00. The van der Waals surface area contributed by atoms with E-state index in [1.807, 2.05) is 34.9 Å². The smallest absolute Gasteiger partial charge is 0.157 e. The van der Waals surface area contributed by atoms with Gasteiger partial charge in [-0.25, -0.2) is 4.98 Å². The van der Waals surface area contributed by atoms with Gasteiger partial charge in [0.15, 0.2) is 5.78 Å². The lowest BCUT2D eigenvalue weighted by Gasteiger charge is -2.02. The van der Waals surface area contributed by atoms with Crippen LogP contribution in [0.2, 0.25) is 0 Å². The molecule has 0 saturated heterocycles. The van der Waals surface area contributed by atoms with Gasteiger partial charge in [0.05, 0.1) is 36.4 Å². The van der Waals surface area contributed by atoms with Crippen LogP contribution in [0.1, 0.15) is 5.56 Å². The third-order valence-electron chi connectivity index (χ3n) is 2.86. The average Bonchev–Trinajstić information content (AvgIpc) is 3.00. The Morgan fingerprint density at radius 2 is 2.17 bits per heavy atom. The first-order valence-corrected chi connectivity index (χ1v) is 5.75. The van der Waals surface area contributed by atoms with Crippen LogP contribution in [0.25, 0.3) is 11.0 Å². The van der Waals surface area contributed by atoms with E-state index in [0.717, 1.165) is 16.6 Å². The number of carbonyl (C=O) groups excluding carboxylic acids is 1. The van der Waals surface area contributed by atoms with Gasteiger partial charge in [-0.05, 0) is 23.8 Å². The Kier molecular flexibility index (Phi) is 2.68. The highest BCUT2D eigenvalue weighted by Crippen LogP contribution is 2.12. The molecule has 3 rings (SSSR count). The number of hydrogen-bond acceptors (Lipinski definition) is 3. The molecular formula is C14H12N2O2. The lowest BCUT2D eigenvalue weighted by Crippen LogP contribution is -2.11. The van der Waals surface area contributed by atoms with Gasteiger partial charge in [0, 0.05) is 6.42 Å². The fourth-order valence-electron chi connectivity index (χ4n) is 2.00. The maximum Gasteiger partial charge on any atom is 0.157 e. The normalized spacial score (nSPS) is 10.9. The summed E-state index contributed by atoms with van der Waals surface area (Å²) in [5, 5.41) is 0. The lowest BCUT2D eigenvalue weighted by molar-refractivity contribution is -0.118. The molecule has 0 saturated carbocycles. The summed E-state index contributed by atoms with van der Waals surface area (Å²) in [5.74, 6) is 0.138. The Hall–Kier alpha value is -2.36. The minimum Gasteiger partial charge on any atom is -0.472 e. The molecule has 90 valence electrons. The van der Waals surface area contributed by atoms with Crippen LogP contribution in [0.15, 0.2) is 53.6 Å². The summed E-state index contributed by atoms with van der Waals surface area (Å²) >= 11 is 0. The molecule has 0 atom stereocenters. The van der Waals surface area contributed by atoms with Crippen molar-refractivity contribution in [2.45, 2.75) is 13.0 Å². The Morgan fingerprint density at radius 3 is 3.00 bits per heavy atom. The SMILES string of the molecule is O=C(Cc1ccoc1)Cn1cnc2ccccc21. The van der Waals surface area contributed by atoms with Crippen molar-refractivity contribution in [2.24, 2.45) is 0 Å². The van der Waals surface area contributed by atoms with Crippen molar-refractivity contribution in [2.75, 3.05) is 0 Å². The predicted octanol–water partition coefficient (Wildman–Crippen LogP) is 2.44. The number of hydrogen-bond donors (Lipinski definition) is 0. The summed E-state index contributed by atoms with van der Waals surface area (Å²) in [5.41, 5.74) is 2.80. The van der Waals surface area contributed by atoms with Crippen molar-refractivity contribution in [3.05, 3.63) is 54.7 Å². The summed E-state index contributed by atoms with van der Waals surface area (Å²) in [6, 6.07) is 9.60. The monoisotopic (exact) mass is 240 g/mol. The number of imidazole rings is 1. The minimum atomic E-state index is 0.138. The minimum absolute atomic E-state index is 0.138. The van der Waals surface area contributed by atoms with E-state index in [1.165, 1.54) is 0 Å². The van der Waals surface area contributed by atoms with E-state index in [4.69, 9.17) is 4.42 Å². The number of ketones is 1. The standard InChI is InChI=1S/C14H12N2O2/c17-12(7-11-5-6-18-9-11)8-16-10-15-13-3-1-2-4-14(13)16/h1-6,9-10H,7-8H2. The average molecular weight is 240 g/mol. The Balaban J connectivity index is 1.78. The van der Waals surface area contributed by atoms with Gasteiger partial charge in [0.2, 0.25) is 0 Å². The molecule has 0 aliphatic carbocycles. The molecule has 4 heteroatoms.